The van der Waals surface area contributed by atoms with Gasteiger partial charge in [0.15, 0.2) is 0 Å². The van der Waals surface area contributed by atoms with Gasteiger partial charge < -0.3 is 4.90 Å². The van der Waals surface area contributed by atoms with Gasteiger partial charge in [-0.05, 0) is 40.6 Å². The quantitative estimate of drug-likeness (QED) is 0.498. The van der Waals surface area contributed by atoms with Crippen molar-refractivity contribution >= 4 is 49.7 Å². The second-order valence-electron chi connectivity index (χ2n) is 6.88. The highest BCUT2D eigenvalue weighted by Gasteiger charge is 2.20. The fourth-order valence-corrected chi connectivity index (χ4v) is 4.90. The molecule has 27 heavy (non-hydrogen) atoms. The zero-order chi connectivity index (χ0) is 18.2. The van der Waals surface area contributed by atoms with Crippen molar-refractivity contribution in [2.24, 2.45) is 0 Å². The molecule has 1 aliphatic heterocycles. The minimum absolute atomic E-state index is 0.708. The van der Waals surface area contributed by atoms with Crippen LogP contribution in [0.2, 0.25) is 5.02 Å². The Morgan fingerprint density at radius 1 is 0.963 bits per heavy atom. The maximum Gasteiger partial charge on any atom is 0.139 e. The lowest BCUT2D eigenvalue weighted by Gasteiger charge is -2.35. The number of rotatable bonds is 3. The molecule has 4 aromatic rings. The van der Waals surface area contributed by atoms with Crippen LogP contribution in [0.5, 0.6) is 0 Å². The van der Waals surface area contributed by atoms with Crippen molar-refractivity contribution in [3.05, 3.63) is 64.8 Å². The average molecular weight is 395 g/mol. The van der Waals surface area contributed by atoms with Gasteiger partial charge >= 0.3 is 0 Å². The third-order valence-electron chi connectivity index (χ3n) is 5.20. The van der Waals surface area contributed by atoms with E-state index < -0.39 is 0 Å². The van der Waals surface area contributed by atoms with E-state index in [0.29, 0.717) is 5.02 Å². The van der Waals surface area contributed by atoms with E-state index in [1.165, 1.54) is 15.6 Å². The Morgan fingerprint density at radius 2 is 1.81 bits per heavy atom. The van der Waals surface area contributed by atoms with Crippen molar-refractivity contribution in [2.75, 3.05) is 31.1 Å². The van der Waals surface area contributed by atoms with Crippen molar-refractivity contribution in [3.63, 3.8) is 0 Å². The number of hydrogen-bond acceptors (Lipinski definition) is 5. The van der Waals surface area contributed by atoms with Gasteiger partial charge in [0.25, 0.3) is 0 Å². The Hall–Kier alpha value is -2.21. The number of thiophene rings is 1. The van der Waals surface area contributed by atoms with E-state index in [4.69, 9.17) is 11.6 Å². The van der Waals surface area contributed by atoms with E-state index in [0.717, 1.165) is 49.4 Å². The first kappa shape index (κ1) is 16.9. The molecule has 6 heteroatoms. The third kappa shape index (κ3) is 3.27. The standard InChI is InChI=1S/C21H19ClN4S/c22-16-5-6-18-19(11-16)23-14-24-21(18)26-9-7-25(8-10-26)12-15-13-27-20-4-2-1-3-17(15)20/h1-6,11,13-14H,7-10,12H2. The van der Waals surface area contributed by atoms with Crippen LogP contribution in [0, 0.1) is 0 Å². The highest BCUT2D eigenvalue weighted by Crippen LogP contribution is 2.28. The molecule has 2 aromatic heterocycles. The monoisotopic (exact) mass is 394 g/mol. The van der Waals surface area contributed by atoms with Crippen molar-refractivity contribution in [1.82, 2.24) is 14.9 Å². The Labute approximate surface area is 167 Å². The van der Waals surface area contributed by atoms with Crippen molar-refractivity contribution in [1.29, 1.82) is 0 Å². The van der Waals surface area contributed by atoms with E-state index in [2.05, 4.69) is 49.4 Å². The molecule has 0 bridgehead atoms. The fourth-order valence-electron chi connectivity index (χ4n) is 3.78. The molecule has 0 atom stereocenters. The topological polar surface area (TPSA) is 32.3 Å². The Bertz CT molecular complexity index is 1100. The smallest absolute Gasteiger partial charge is 0.139 e. The summed E-state index contributed by atoms with van der Waals surface area (Å²) in [6.45, 7) is 5.01. The fraction of sp³-hybridized carbons (Fsp3) is 0.238. The van der Waals surface area contributed by atoms with Gasteiger partial charge in [-0.25, -0.2) is 9.97 Å². The highest BCUT2D eigenvalue weighted by atomic mass is 35.5. The van der Waals surface area contributed by atoms with Crippen LogP contribution in [0.15, 0.2) is 54.2 Å². The molecule has 136 valence electrons. The van der Waals surface area contributed by atoms with Gasteiger partial charge in [0, 0.05) is 47.8 Å². The molecule has 0 spiro atoms. The Balaban J connectivity index is 1.32. The lowest BCUT2D eigenvalue weighted by molar-refractivity contribution is 0.250. The van der Waals surface area contributed by atoms with E-state index in [1.54, 1.807) is 6.33 Å². The first-order valence-electron chi connectivity index (χ1n) is 9.10. The molecule has 0 unspecified atom stereocenters. The molecule has 2 aromatic carbocycles. The second kappa shape index (κ2) is 7.08. The minimum Gasteiger partial charge on any atom is -0.353 e. The summed E-state index contributed by atoms with van der Waals surface area (Å²) in [7, 11) is 0. The molecular formula is C21H19ClN4S. The number of hydrogen-bond donors (Lipinski definition) is 0. The van der Waals surface area contributed by atoms with Crippen molar-refractivity contribution in [2.45, 2.75) is 6.54 Å². The van der Waals surface area contributed by atoms with Crippen LogP contribution in [0.25, 0.3) is 21.0 Å². The largest absolute Gasteiger partial charge is 0.353 e. The Morgan fingerprint density at radius 3 is 2.70 bits per heavy atom. The van der Waals surface area contributed by atoms with Crippen LogP contribution in [-0.4, -0.2) is 41.0 Å². The molecule has 1 saturated heterocycles. The molecule has 5 rings (SSSR count). The highest BCUT2D eigenvalue weighted by molar-refractivity contribution is 7.17. The maximum absolute atomic E-state index is 6.11. The van der Waals surface area contributed by atoms with Gasteiger partial charge in [-0.1, -0.05) is 29.8 Å². The lowest BCUT2D eigenvalue weighted by Crippen LogP contribution is -2.46. The molecular weight excluding hydrogens is 376 g/mol. The molecule has 0 radical (unpaired) electrons. The molecule has 1 fully saturated rings. The minimum atomic E-state index is 0.708. The first-order valence-corrected chi connectivity index (χ1v) is 10.4. The van der Waals surface area contributed by atoms with Crippen LogP contribution >= 0.6 is 22.9 Å². The summed E-state index contributed by atoms with van der Waals surface area (Å²) in [5.74, 6) is 1.01. The number of anilines is 1. The summed E-state index contributed by atoms with van der Waals surface area (Å²) in [5.41, 5.74) is 2.34. The zero-order valence-corrected chi connectivity index (χ0v) is 16.4. The predicted octanol–water partition coefficient (Wildman–Crippen LogP) is 4.82. The summed E-state index contributed by atoms with van der Waals surface area (Å²) in [4.78, 5) is 13.8. The van der Waals surface area contributed by atoms with Crippen molar-refractivity contribution < 1.29 is 0 Å². The second-order valence-corrected chi connectivity index (χ2v) is 8.23. The van der Waals surface area contributed by atoms with Gasteiger partial charge in [-0.2, -0.15) is 0 Å². The molecule has 0 saturated carbocycles. The van der Waals surface area contributed by atoms with Crippen LogP contribution in [-0.2, 0) is 6.54 Å². The van der Waals surface area contributed by atoms with Crippen LogP contribution in [0.3, 0.4) is 0 Å². The maximum atomic E-state index is 6.11. The normalized spacial score (nSPS) is 15.7. The summed E-state index contributed by atoms with van der Waals surface area (Å²) >= 11 is 7.94. The number of nitrogens with zero attached hydrogens (tertiary/aromatic N) is 4. The lowest BCUT2D eigenvalue weighted by atomic mass is 10.1. The molecule has 1 aliphatic rings. The summed E-state index contributed by atoms with van der Waals surface area (Å²) < 4.78 is 1.37. The van der Waals surface area contributed by atoms with Gasteiger partial charge in [0.05, 0.1) is 5.52 Å². The van der Waals surface area contributed by atoms with Crippen molar-refractivity contribution in [3.8, 4) is 0 Å². The van der Waals surface area contributed by atoms with E-state index in [9.17, 15) is 0 Å². The molecule has 0 aliphatic carbocycles. The average Bonchev–Trinajstić information content (AvgIpc) is 3.11. The van der Waals surface area contributed by atoms with Gasteiger partial charge in [0.1, 0.15) is 12.1 Å². The molecule has 3 heterocycles. The number of piperazine rings is 1. The first-order chi connectivity index (χ1) is 13.3. The van der Waals surface area contributed by atoms with E-state index >= 15 is 0 Å². The van der Waals surface area contributed by atoms with Crippen LogP contribution < -0.4 is 4.90 Å². The van der Waals surface area contributed by atoms with Gasteiger partial charge in [0.2, 0.25) is 0 Å². The molecule has 4 nitrogen and oxygen atoms in total. The number of halogens is 1. The SMILES string of the molecule is Clc1ccc2c(N3CCN(Cc4csc5ccccc45)CC3)ncnc2c1. The molecule has 0 N–H and O–H groups in total. The Kier molecular flexibility index (Phi) is 4.44. The number of benzene rings is 2. The van der Waals surface area contributed by atoms with E-state index in [-0.39, 0.29) is 0 Å². The summed E-state index contributed by atoms with van der Waals surface area (Å²) in [5, 5.41) is 5.47. The number of aromatic nitrogens is 2. The van der Waals surface area contributed by atoms with Gasteiger partial charge in [-0.3, -0.25) is 4.90 Å². The van der Waals surface area contributed by atoms with Crippen LogP contribution in [0.1, 0.15) is 5.56 Å². The molecule has 0 amide bonds. The summed E-state index contributed by atoms with van der Waals surface area (Å²) in [6, 6.07) is 14.5. The van der Waals surface area contributed by atoms with Gasteiger partial charge in [-0.15, -0.1) is 11.3 Å². The van der Waals surface area contributed by atoms with Crippen LogP contribution in [0.4, 0.5) is 5.82 Å². The third-order valence-corrected chi connectivity index (χ3v) is 6.45. The van der Waals surface area contributed by atoms with E-state index in [1.807, 2.05) is 29.5 Å². The zero-order valence-electron chi connectivity index (χ0n) is 14.8. The number of fused-ring (bicyclic) bond motifs is 2. The predicted molar refractivity (Wildman–Crippen MR) is 114 cm³/mol. The summed E-state index contributed by atoms with van der Waals surface area (Å²) in [6.07, 6.45) is 1.64.